The number of hydrazine groups is 1. The average Bonchev–Trinajstić information content (AvgIpc) is 3.41. The van der Waals surface area contributed by atoms with Crippen molar-refractivity contribution in [2.45, 2.75) is 25.0 Å². The predicted octanol–water partition coefficient (Wildman–Crippen LogP) is 1.70. The molecule has 0 aliphatic carbocycles. The Balaban J connectivity index is 1.29. The third-order valence-electron chi connectivity index (χ3n) is 4.71. The van der Waals surface area contributed by atoms with Crippen molar-refractivity contribution in [1.82, 2.24) is 25.7 Å². The van der Waals surface area contributed by atoms with E-state index in [0.717, 1.165) is 5.56 Å². The summed E-state index contributed by atoms with van der Waals surface area (Å²) in [4.78, 5) is 30.2. The molecule has 1 aliphatic heterocycles. The second-order valence-corrected chi connectivity index (χ2v) is 7.59. The highest BCUT2D eigenvalue weighted by Crippen LogP contribution is 2.25. The van der Waals surface area contributed by atoms with Crippen LogP contribution in [0.25, 0.3) is 11.3 Å². The normalized spacial score (nSPS) is 18.9. The molecule has 2 atom stereocenters. The van der Waals surface area contributed by atoms with E-state index in [-0.39, 0.29) is 23.6 Å². The Morgan fingerprint density at radius 1 is 1.21 bits per heavy atom. The molecular formula is C20H21N5O2S. The largest absolute Gasteiger partial charge is 0.353 e. The number of hydrogen-bond acceptors (Lipinski definition) is 6. The maximum Gasteiger partial charge on any atom is 0.253 e. The van der Waals surface area contributed by atoms with Crippen LogP contribution in [0.2, 0.25) is 0 Å². The molecule has 1 fully saturated rings. The van der Waals surface area contributed by atoms with Crippen molar-refractivity contribution in [2.24, 2.45) is 0 Å². The van der Waals surface area contributed by atoms with Gasteiger partial charge in [-0.05, 0) is 17.9 Å². The van der Waals surface area contributed by atoms with Crippen molar-refractivity contribution < 1.29 is 4.79 Å². The van der Waals surface area contributed by atoms with Crippen LogP contribution < -0.4 is 21.7 Å². The first-order valence-corrected chi connectivity index (χ1v) is 10.0. The van der Waals surface area contributed by atoms with Crippen LogP contribution in [0.4, 0.5) is 0 Å². The van der Waals surface area contributed by atoms with Crippen molar-refractivity contribution in [3.8, 4) is 11.3 Å². The number of hydrogen-bond donors (Lipinski definition) is 3. The van der Waals surface area contributed by atoms with Crippen molar-refractivity contribution in [1.29, 1.82) is 0 Å². The van der Waals surface area contributed by atoms with Crippen LogP contribution in [0.15, 0.2) is 65.0 Å². The molecule has 3 aromatic rings. The van der Waals surface area contributed by atoms with Gasteiger partial charge in [0.2, 0.25) is 5.91 Å². The number of thiophene rings is 1. The number of carbonyl (C=O) groups is 1. The van der Waals surface area contributed by atoms with Gasteiger partial charge in [-0.15, -0.1) is 11.3 Å². The summed E-state index contributed by atoms with van der Waals surface area (Å²) >= 11 is 1.67. The van der Waals surface area contributed by atoms with E-state index in [1.807, 2.05) is 41.8 Å². The molecule has 144 valence electrons. The first-order chi connectivity index (χ1) is 13.7. The van der Waals surface area contributed by atoms with Gasteiger partial charge in [0.15, 0.2) is 0 Å². The van der Waals surface area contributed by atoms with E-state index in [4.69, 9.17) is 0 Å². The quantitative estimate of drug-likeness (QED) is 0.591. The van der Waals surface area contributed by atoms with Crippen LogP contribution in [-0.4, -0.2) is 28.0 Å². The van der Waals surface area contributed by atoms with Crippen LogP contribution in [0, 0.1) is 0 Å². The van der Waals surface area contributed by atoms with Crippen LogP contribution in [0.1, 0.15) is 17.3 Å². The Hall–Kier alpha value is -2.81. The molecule has 0 spiro atoms. The molecule has 4 rings (SSSR count). The molecule has 7 nitrogen and oxygen atoms in total. The van der Waals surface area contributed by atoms with Gasteiger partial charge in [0.05, 0.1) is 18.1 Å². The summed E-state index contributed by atoms with van der Waals surface area (Å²) in [6.45, 7) is 0.744. The minimum atomic E-state index is -0.289. The van der Waals surface area contributed by atoms with E-state index < -0.39 is 0 Å². The zero-order valence-corrected chi connectivity index (χ0v) is 16.0. The fourth-order valence-corrected chi connectivity index (χ4v) is 3.98. The lowest BCUT2D eigenvalue weighted by Crippen LogP contribution is -2.44. The first kappa shape index (κ1) is 18.5. The summed E-state index contributed by atoms with van der Waals surface area (Å²) in [5.74, 6) is -0.0755. The molecule has 1 amide bonds. The number of benzene rings is 1. The highest BCUT2D eigenvalue weighted by atomic mass is 32.1. The number of nitrogens with zero attached hydrogens (tertiary/aromatic N) is 2. The van der Waals surface area contributed by atoms with Gasteiger partial charge in [-0.3, -0.25) is 14.2 Å². The SMILES string of the molecule is O=C(NCCn1cnc(-c2ccccc2)cc1=O)C1CC(c2cccs2)NN1. The molecule has 3 N–H and O–H groups in total. The lowest BCUT2D eigenvalue weighted by molar-refractivity contribution is -0.122. The van der Waals surface area contributed by atoms with Gasteiger partial charge in [0, 0.05) is 29.6 Å². The lowest BCUT2D eigenvalue weighted by atomic mass is 10.1. The average molecular weight is 395 g/mol. The molecule has 1 saturated heterocycles. The van der Waals surface area contributed by atoms with Crippen LogP contribution in [-0.2, 0) is 11.3 Å². The maximum atomic E-state index is 12.4. The second-order valence-electron chi connectivity index (χ2n) is 6.61. The van der Waals surface area contributed by atoms with Crippen molar-refractivity contribution in [2.75, 3.05) is 6.54 Å². The molecule has 3 heterocycles. The van der Waals surface area contributed by atoms with E-state index in [0.29, 0.717) is 25.2 Å². The van der Waals surface area contributed by atoms with E-state index in [1.165, 1.54) is 21.8 Å². The van der Waals surface area contributed by atoms with E-state index in [2.05, 4.69) is 27.2 Å². The Bertz CT molecular complexity index is 987. The Kier molecular flexibility index (Phi) is 5.61. The standard InChI is InChI=1S/C20H21N5O2S/c26-19-12-15(14-5-2-1-3-6-14)22-13-25(19)9-8-21-20(27)17-11-16(23-24-17)18-7-4-10-28-18/h1-7,10,12-13,16-17,23-24H,8-9,11H2,(H,21,27). The summed E-state index contributed by atoms with van der Waals surface area (Å²) in [6, 6.07) is 15.0. The molecule has 0 radical (unpaired) electrons. The predicted molar refractivity (Wildman–Crippen MR) is 109 cm³/mol. The minimum Gasteiger partial charge on any atom is -0.353 e. The van der Waals surface area contributed by atoms with Gasteiger partial charge in [0.25, 0.3) is 5.56 Å². The Morgan fingerprint density at radius 3 is 2.82 bits per heavy atom. The number of carbonyl (C=O) groups excluding carboxylic acids is 1. The van der Waals surface area contributed by atoms with Crippen molar-refractivity contribution in [3.63, 3.8) is 0 Å². The molecule has 2 aromatic heterocycles. The number of amides is 1. The van der Waals surface area contributed by atoms with Crippen LogP contribution in [0.3, 0.4) is 0 Å². The second kappa shape index (κ2) is 8.47. The van der Waals surface area contributed by atoms with E-state index in [9.17, 15) is 9.59 Å². The zero-order valence-electron chi connectivity index (χ0n) is 15.2. The summed E-state index contributed by atoms with van der Waals surface area (Å²) < 4.78 is 1.50. The smallest absolute Gasteiger partial charge is 0.253 e. The molecule has 0 bridgehead atoms. The molecular weight excluding hydrogens is 374 g/mol. The van der Waals surface area contributed by atoms with Gasteiger partial charge < -0.3 is 5.32 Å². The van der Waals surface area contributed by atoms with Crippen molar-refractivity contribution in [3.05, 3.63) is 75.5 Å². The first-order valence-electron chi connectivity index (χ1n) is 9.15. The molecule has 8 heteroatoms. The fourth-order valence-electron chi connectivity index (χ4n) is 3.19. The maximum absolute atomic E-state index is 12.4. The minimum absolute atomic E-state index is 0.0755. The van der Waals surface area contributed by atoms with Gasteiger partial charge >= 0.3 is 0 Å². The number of aromatic nitrogens is 2. The lowest BCUT2D eigenvalue weighted by Gasteiger charge is -2.11. The van der Waals surface area contributed by atoms with Gasteiger partial charge in [-0.2, -0.15) is 0 Å². The summed E-state index contributed by atoms with van der Waals surface area (Å²) in [6.07, 6.45) is 2.22. The molecule has 0 saturated carbocycles. The van der Waals surface area contributed by atoms with Crippen LogP contribution >= 0.6 is 11.3 Å². The highest BCUT2D eigenvalue weighted by molar-refractivity contribution is 7.10. The number of rotatable bonds is 6. The molecule has 1 aliphatic rings. The monoisotopic (exact) mass is 395 g/mol. The fraction of sp³-hybridized carbons (Fsp3) is 0.250. The summed E-state index contributed by atoms with van der Waals surface area (Å²) in [7, 11) is 0. The summed E-state index contributed by atoms with van der Waals surface area (Å²) in [5, 5.41) is 4.91. The highest BCUT2D eigenvalue weighted by Gasteiger charge is 2.30. The van der Waals surface area contributed by atoms with Crippen molar-refractivity contribution >= 4 is 17.2 Å². The zero-order chi connectivity index (χ0) is 19.3. The van der Waals surface area contributed by atoms with Gasteiger partial charge in [-0.1, -0.05) is 36.4 Å². The summed E-state index contributed by atoms with van der Waals surface area (Å²) in [5.41, 5.74) is 7.62. The molecule has 1 aromatic carbocycles. The van der Waals surface area contributed by atoms with Gasteiger partial charge in [0.1, 0.15) is 6.04 Å². The third kappa shape index (κ3) is 4.19. The van der Waals surface area contributed by atoms with E-state index in [1.54, 1.807) is 11.3 Å². The topological polar surface area (TPSA) is 88.0 Å². The van der Waals surface area contributed by atoms with Gasteiger partial charge in [-0.25, -0.2) is 15.8 Å². The molecule has 28 heavy (non-hydrogen) atoms. The Labute approximate surface area is 166 Å². The molecule has 2 unspecified atom stereocenters. The third-order valence-corrected chi connectivity index (χ3v) is 5.69. The van der Waals surface area contributed by atoms with E-state index >= 15 is 0 Å². The number of nitrogens with one attached hydrogen (secondary N) is 3. The van der Waals surface area contributed by atoms with Crippen LogP contribution in [0.5, 0.6) is 0 Å². The Morgan fingerprint density at radius 2 is 2.07 bits per heavy atom.